The van der Waals surface area contributed by atoms with E-state index in [9.17, 15) is 4.79 Å². The Labute approximate surface area is 375 Å². The number of hydrogen-bond donors (Lipinski definition) is 0. The van der Waals surface area contributed by atoms with Gasteiger partial charge in [0.2, 0.25) is 0 Å². The SMILES string of the molecule is CCCCC(CC)CN1C(=O)c2ccc3c4c(-c5ccccc5)cc5c6c(cc(-c7ccccc7)c(c7c(-c8ccccc8)cc(c2c37)C1=O)c64)C(=O)N(CC(CC)CCCC)C5=O. The minimum atomic E-state index is -0.269. The normalized spacial score (nSPS) is 14.8. The van der Waals surface area contributed by atoms with Crippen LogP contribution in [0, 0.1) is 11.8 Å². The second kappa shape index (κ2) is 16.8. The summed E-state index contributed by atoms with van der Waals surface area (Å²) in [4.78, 5) is 63.3. The van der Waals surface area contributed by atoms with Crippen LogP contribution < -0.4 is 0 Å². The Kier molecular flexibility index (Phi) is 10.9. The average molecular weight is 843 g/mol. The van der Waals surface area contributed by atoms with Crippen LogP contribution in [0.2, 0.25) is 0 Å². The lowest BCUT2D eigenvalue weighted by atomic mass is 9.76. The molecule has 0 spiro atoms. The number of unbranched alkanes of at least 4 members (excludes halogenated alkanes) is 2. The second-order valence-corrected chi connectivity index (χ2v) is 18.1. The predicted molar refractivity (Wildman–Crippen MR) is 261 cm³/mol. The molecule has 8 aromatic rings. The van der Waals surface area contributed by atoms with Crippen LogP contribution in [0.5, 0.6) is 0 Å². The molecule has 2 aliphatic heterocycles. The quantitative estimate of drug-likeness (QED) is 0.0585. The van der Waals surface area contributed by atoms with Gasteiger partial charge in [0, 0.05) is 51.5 Å². The third-order valence-corrected chi connectivity index (χ3v) is 14.3. The fourth-order valence-electron chi connectivity index (χ4n) is 10.9. The number of hydrogen-bond acceptors (Lipinski definition) is 4. The molecule has 2 heterocycles. The lowest BCUT2D eigenvalue weighted by Crippen LogP contribution is -2.43. The average Bonchev–Trinajstić information content (AvgIpc) is 3.34. The van der Waals surface area contributed by atoms with E-state index in [1.807, 2.05) is 78.9 Å². The van der Waals surface area contributed by atoms with Crippen molar-refractivity contribution in [2.45, 2.75) is 79.1 Å². The maximum Gasteiger partial charge on any atom is 0.261 e. The molecule has 4 amide bonds. The third kappa shape index (κ3) is 6.52. The number of fused-ring (bicyclic) bond motifs is 2. The van der Waals surface area contributed by atoms with Gasteiger partial charge in [-0.05, 0) is 109 Å². The summed E-state index contributed by atoms with van der Waals surface area (Å²) in [6, 6.07) is 40.5. The van der Waals surface area contributed by atoms with Gasteiger partial charge in [-0.25, -0.2) is 0 Å². The molecule has 0 N–H and O–H groups in total. The Morgan fingerprint density at radius 3 is 1.16 bits per heavy atom. The van der Waals surface area contributed by atoms with Crippen LogP contribution in [-0.2, 0) is 0 Å². The molecule has 0 saturated heterocycles. The molecular formula is C58H54N2O4. The Morgan fingerprint density at radius 2 is 0.750 bits per heavy atom. The molecule has 2 unspecified atom stereocenters. The van der Waals surface area contributed by atoms with Gasteiger partial charge in [0.1, 0.15) is 0 Å². The van der Waals surface area contributed by atoms with Gasteiger partial charge in [-0.1, -0.05) is 163 Å². The van der Waals surface area contributed by atoms with Gasteiger partial charge in [-0.2, -0.15) is 0 Å². The van der Waals surface area contributed by atoms with Gasteiger partial charge in [0.15, 0.2) is 0 Å². The smallest absolute Gasteiger partial charge is 0.261 e. The first-order chi connectivity index (χ1) is 31.3. The van der Waals surface area contributed by atoms with Crippen molar-refractivity contribution in [1.82, 2.24) is 9.80 Å². The zero-order valence-corrected chi connectivity index (χ0v) is 37.3. The van der Waals surface area contributed by atoms with E-state index in [0.29, 0.717) is 46.1 Å². The Balaban J connectivity index is 1.38. The lowest BCUT2D eigenvalue weighted by Gasteiger charge is -2.34. The number of amides is 4. The van der Waals surface area contributed by atoms with E-state index in [1.165, 1.54) is 9.80 Å². The van der Waals surface area contributed by atoms with E-state index in [0.717, 1.165) is 117 Å². The highest BCUT2D eigenvalue weighted by Crippen LogP contribution is 2.54. The van der Waals surface area contributed by atoms with Gasteiger partial charge < -0.3 is 0 Å². The first-order valence-electron chi connectivity index (χ1n) is 23.5. The van der Waals surface area contributed by atoms with Crippen molar-refractivity contribution in [1.29, 1.82) is 0 Å². The number of nitrogens with zero attached hydrogens (tertiary/aromatic N) is 2. The zero-order valence-electron chi connectivity index (χ0n) is 37.3. The zero-order chi connectivity index (χ0) is 44.2. The summed E-state index contributed by atoms with van der Waals surface area (Å²) in [6.45, 7) is 9.37. The Morgan fingerprint density at radius 1 is 0.375 bits per heavy atom. The summed E-state index contributed by atoms with van der Waals surface area (Å²) < 4.78 is 0. The maximum atomic E-state index is 15.2. The van der Waals surface area contributed by atoms with Crippen LogP contribution in [0.25, 0.3) is 76.5 Å². The van der Waals surface area contributed by atoms with Crippen molar-refractivity contribution in [3.05, 3.63) is 144 Å². The molecule has 320 valence electrons. The van der Waals surface area contributed by atoms with E-state index >= 15 is 14.4 Å². The maximum absolute atomic E-state index is 15.2. The van der Waals surface area contributed by atoms with Gasteiger partial charge in [0.05, 0.1) is 0 Å². The summed E-state index contributed by atoms with van der Waals surface area (Å²) in [5, 5.41) is 6.56. The molecule has 10 rings (SSSR count). The minimum Gasteiger partial charge on any atom is -0.274 e. The summed E-state index contributed by atoms with van der Waals surface area (Å²) >= 11 is 0. The van der Waals surface area contributed by atoms with Crippen LogP contribution in [-0.4, -0.2) is 46.5 Å². The highest BCUT2D eigenvalue weighted by molar-refractivity contribution is 6.46. The van der Waals surface area contributed by atoms with Crippen LogP contribution >= 0.6 is 0 Å². The molecule has 0 radical (unpaired) electrons. The first-order valence-corrected chi connectivity index (χ1v) is 23.5. The topological polar surface area (TPSA) is 74.8 Å². The number of carbonyl (C=O) groups is 4. The molecule has 6 heteroatoms. The van der Waals surface area contributed by atoms with E-state index < -0.39 is 0 Å². The largest absolute Gasteiger partial charge is 0.274 e. The van der Waals surface area contributed by atoms with Crippen molar-refractivity contribution >= 4 is 66.7 Å². The summed E-state index contributed by atoms with van der Waals surface area (Å²) in [6.07, 6.45) is 7.83. The molecule has 0 aromatic heterocycles. The molecule has 6 nitrogen and oxygen atoms in total. The molecule has 8 aromatic carbocycles. The monoisotopic (exact) mass is 842 g/mol. The van der Waals surface area contributed by atoms with Gasteiger partial charge in [0.25, 0.3) is 23.6 Å². The fourth-order valence-corrected chi connectivity index (χ4v) is 10.9. The van der Waals surface area contributed by atoms with Gasteiger partial charge in [-0.3, -0.25) is 29.0 Å². The molecule has 2 atom stereocenters. The first kappa shape index (κ1) is 41.4. The Hall–Kier alpha value is -6.66. The molecule has 0 aliphatic carbocycles. The molecule has 2 aliphatic rings. The standard InChI is InChI=1S/C58H54N2O4/c1-5-9-20-35(7-3)33-59-55(61)41-29-28-40-48-42(37-22-14-11-15-23-37)30-46-50-47(58(64)60(57(46)63)34-36(8-4)21-10-6-2)32-44(39-26-18-13-19-27-39)53(54(48)50)52-43(38-24-16-12-17-25-38)31-45(56(59)62)49(41)51(40)52/h11-19,22-32,35-36H,5-10,20-21,33-34H2,1-4H3. The van der Waals surface area contributed by atoms with Crippen molar-refractivity contribution in [2.75, 3.05) is 13.1 Å². The van der Waals surface area contributed by atoms with Crippen molar-refractivity contribution < 1.29 is 19.2 Å². The molecule has 64 heavy (non-hydrogen) atoms. The predicted octanol–water partition coefficient (Wildman–Crippen LogP) is 14.4. The van der Waals surface area contributed by atoms with E-state index in [4.69, 9.17) is 0 Å². The van der Waals surface area contributed by atoms with Gasteiger partial charge in [-0.15, -0.1) is 0 Å². The van der Waals surface area contributed by atoms with Crippen LogP contribution in [0.3, 0.4) is 0 Å². The highest BCUT2D eigenvalue weighted by Gasteiger charge is 2.40. The Bertz CT molecular complexity index is 3120. The summed E-state index contributed by atoms with van der Waals surface area (Å²) in [5.74, 6) is -0.675. The van der Waals surface area contributed by atoms with Crippen molar-refractivity contribution in [2.24, 2.45) is 11.8 Å². The van der Waals surface area contributed by atoms with E-state index in [2.05, 4.69) is 70.2 Å². The van der Waals surface area contributed by atoms with E-state index in [-0.39, 0.29) is 35.5 Å². The molecule has 0 saturated carbocycles. The van der Waals surface area contributed by atoms with Gasteiger partial charge >= 0.3 is 0 Å². The molecular weight excluding hydrogens is 789 g/mol. The number of imide groups is 2. The third-order valence-electron chi connectivity index (χ3n) is 14.3. The van der Waals surface area contributed by atoms with Crippen LogP contribution in [0.4, 0.5) is 0 Å². The highest BCUT2D eigenvalue weighted by atomic mass is 16.2. The number of carbonyl (C=O) groups excluding carboxylic acids is 4. The lowest BCUT2D eigenvalue weighted by molar-refractivity contribution is 0.0565. The second-order valence-electron chi connectivity index (χ2n) is 18.1. The molecule has 0 bridgehead atoms. The van der Waals surface area contributed by atoms with Crippen LogP contribution in [0.15, 0.2) is 121 Å². The summed E-state index contributed by atoms with van der Waals surface area (Å²) in [5.41, 5.74) is 7.46. The minimum absolute atomic E-state index is 0.190. The number of rotatable bonds is 15. The van der Waals surface area contributed by atoms with Crippen molar-refractivity contribution in [3.63, 3.8) is 0 Å². The fraction of sp³-hybridized carbons (Fsp3) is 0.276. The summed E-state index contributed by atoms with van der Waals surface area (Å²) in [7, 11) is 0. The molecule has 0 fully saturated rings. The number of benzene rings is 8. The van der Waals surface area contributed by atoms with E-state index in [1.54, 1.807) is 0 Å². The van der Waals surface area contributed by atoms with Crippen molar-refractivity contribution in [3.8, 4) is 33.4 Å². The van der Waals surface area contributed by atoms with Crippen LogP contribution in [0.1, 0.15) is 120 Å².